The molecule has 170 valence electrons. The number of anilines is 1. The monoisotopic (exact) mass is 569 g/mol. The number of nitrogens with one attached hydrogen (secondary N) is 1. The van der Waals surface area contributed by atoms with E-state index in [0.29, 0.717) is 48.1 Å². The van der Waals surface area contributed by atoms with Crippen LogP contribution < -0.4 is 15.8 Å². The van der Waals surface area contributed by atoms with Crippen LogP contribution in [0.25, 0.3) is 0 Å². The van der Waals surface area contributed by atoms with Crippen molar-refractivity contribution in [2.24, 2.45) is 10.7 Å². The Morgan fingerprint density at radius 3 is 2.55 bits per heavy atom. The van der Waals surface area contributed by atoms with Gasteiger partial charge in [0.1, 0.15) is 5.75 Å². The van der Waals surface area contributed by atoms with Gasteiger partial charge in [-0.15, -0.1) is 24.0 Å². The predicted octanol–water partition coefficient (Wildman–Crippen LogP) is 5.46. The van der Waals surface area contributed by atoms with E-state index in [2.05, 4.69) is 10.3 Å². The van der Waals surface area contributed by atoms with E-state index in [9.17, 15) is 13.2 Å². The van der Waals surface area contributed by atoms with Crippen molar-refractivity contribution < 1.29 is 22.6 Å². The van der Waals surface area contributed by atoms with E-state index in [1.807, 2.05) is 0 Å². The molecule has 0 bridgehead atoms. The van der Waals surface area contributed by atoms with E-state index in [4.69, 9.17) is 26.8 Å². The summed E-state index contributed by atoms with van der Waals surface area (Å²) < 4.78 is 50.2. The van der Waals surface area contributed by atoms with Crippen LogP contribution in [0, 0.1) is 0 Å². The highest BCUT2D eigenvalue weighted by Gasteiger charge is 2.37. The van der Waals surface area contributed by atoms with E-state index >= 15 is 0 Å². The zero-order valence-corrected chi connectivity index (χ0v) is 19.9. The van der Waals surface area contributed by atoms with Crippen LogP contribution in [0.5, 0.6) is 5.75 Å². The lowest BCUT2D eigenvalue weighted by Crippen LogP contribution is -2.38. The Morgan fingerprint density at radius 1 is 1.23 bits per heavy atom. The van der Waals surface area contributed by atoms with Gasteiger partial charge in [-0.1, -0.05) is 29.8 Å². The molecule has 1 saturated heterocycles. The van der Waals surface area contributed by atoms with E-state index in [1.54, 1.807) is 24.3 Å². The number of methoxy groups -OCH3 is 1. The average molecular weight is 570 g/mol. The summed E-state index contributed by atoms with van der Waals surface area (Å²) in [6.45, 7) is 1.14. The van der Waals surface area contributed by atoms with Crippen molar-refractivity contribution >= 4 is 47.2 Å². The zero-order chi connectivity index (χ0) is 21.8. The Balaban J connectivity index is 0.00000341. The molecule has 0 amide bonds. The van der Waals surface area contributed by atoms with E-state index in [1.165, 1.54) is 19.2 Å². The minimum Gasteiger partial charge on any atom is -0.495 e. The molecule has 0 spiro atoms. The molecule has 2 aromatic carbocycles. The standard InChI is InChI=1S/C21H23ClF3N3O2.HI/c1-29-18-6-5-16(12-17(18)22)28-19(26)27-13-20(7-9-30-10-8-20)14-3-2-4-15(11-14)21(23,24)25;/h2-6,11-12H,7-10,13H2,1H3,(H3,26,27,28);1H. The first-order chi connectivity index (χ1) is 14.2. The van der Waals surface area contributed by atoms with Crippen molar-refractivity contribution in [3.05, 3.63) is 58.6 Å². The Kier molecular flexibility index (Phi) is 8.84. The number of guanidine groups is 1. The van der Waals surface area contributed by atoms with Gasteiger partial charge < -0.3 is 20.5 Å². The normalized spacial score (nSPS) is 16.4. The summed E-state index contributed by atoms with van der Waals surface area (Å²) in [7, 11) is 1.52. The molecule has 0 saturated carbocycles. The van der Waals surface area contributed by atoms with Crippen LogP contribution in [0.2, 0.25) is 5.02 Å². The van der Waals surface area contributed by atoms with Crippen LogP contribution in [-0.4, -0.2) is 32.8 Å². The summed E-state index contributed by atoms with van der Waals surface area (Å²) >= 11 is 6.11. The summed E-state index contributed by atoms with van der Waals surface area (Å²) in [5.41, 5.74) is 6.00. The molecule has 0 atom stereocenters. The maximum Gasteiger partial charge on any atom is 0.416 e. The number of nitrogens with zero attached hydrogens (tertiary/aromatic N) is 1. The lowest BCUT2D eigenvalue weighted by Gasteiger charge is -2.37. The minimum atomic E-state index is -4.40. The second-order valence-electron chi connectivity index (χ2n) is 7.15. The molecule has 0 unspecified atom stereocenters. The van der Waals surface area contributed by atoms with Crippen LogP contribution in [0.15, 0.2) is 47.5 Å². The fourth-order valence-corrected chi connectivity index (χ4v) is 3.75. The molecular weight excluding hydrogens is 546 g/mol. The Labute approximate surface area is 201 Å². The lowest BCUT2D eigenvalue weighted by atomic mass is 9.74. The molecule has 1 aliphatic heterocycles. The topological polar surface area (TPSA) is 68.9 Å². The molecule has 3 rings (SSSR count). The quantitative estimate of drug-likeness (QED) is 0.285. The van der Waals surface area contributed by atoms with Gasteiger partial charge in [0.05, 0.1) is 24.2 Å². The molecule has 5 nitrogen and oxygen atoms in total. The number of alkyl halides is 3. The highest BCUT2D eigenvalue weighted by atomic mass is 127. The molecule has 10 heteroatoms. The first kappa shape index (κ1) is 25.5. The molecular formula is C21H24ClF3IN3O2. The smallest absolute Gasteiger partial charge is 0.416 e. The van der Waals surface area contributed by atoms with Crippen molar-refractivity contribution in [2.75, 3.05) is 32.2 Å². The summed E-state index contributed by atoms with van der Waals surface area (Å²) in [6, 6.07) is 10.5. The Morgan fingerprint density at radius 2 is 1.94 bits per heavy atom. The number of hydrogen-bond acceptors (Lipinski definition) is 3. The number of benzene rings is 2. The number of halogens is 5. The summed E-state index contributed by atoms with van der Waals surface area (Å²) in [5, 5.41) is 3.37. The van der Waals surface area contributed by atoms with Crippen LogP contribution >= 0.6 is 35.6 Å². The average Bonchev–Trinajstić information content (AvgIpc) is 2.73. The zero-order valence-electron chi connectivity index (χ0n) is 16.8. The van der Waals surface area contributed by atoms with Gasteiger partial charge >= 0.3 is 6.18 Å². The second kappa shape index (κ2) is 10.7. The van der Waals surface area contributed by atoms with Gasteiger partial charge in [0.2, 0.25) is 0 Å². The molecule has 1 fully saturated rings. The van der Waals surface area contributed by atoms with Gasteiger partial charge in [0, 0.05) is 24.3 Å². The summed E-state index contributed by atoms with van der Waals surface area (Å²) in [6.07, 6.45) is -3.29. The maximum atomic E-state index is 13.2. The number of aliphatic imine (C=N–C) groups is 1. The highest BCUT2D eigenvalue weighted by molar-refractivity contribution is 14.0. The second-order valence-corrected chi connectivity index (χ2v) is 7.55. The highest BCUT2D eigenvalue weighted by Crippen LogP contribution is 2.38. The predicted molar refractivity (Wildman–Crippen MR) is 127 cm³/mol. The molecule has 0 radical (unpaired) electrons. The van der Waals surface area contributed by atoms with Gasteiger partial charge in [0.15, 0.2) is 5.96 Å². The Bertz CT molecular complexity index is 919. The fourth-order valence-electron chi connectivity index (χ4n) is 3.49. The largest absolute Gasteiger partial charge is 0.495 e. The first-order valence-electron chi connectivity index (χ1n) is 9.39. The van der Waals surface area contributed by atoms with E-state index in [-0.39, 0.29) is 36.5 Å². The molecule has 0 aromatic heterocycles. The van der Waals surface area contributed by atoms with Crippen molar-refractivity contribution in [3.63, 3.8) is 0 Å². The molecule has 1 aliphatic rings. The van der Waals surface area contributed by atoms with Gasteiger partial charge in [-0.25, -0.2) is 0 Å². The minimum absolute atomic E-state index is 0. The number of rotatable bonds is 5. The van der Waals surface area contributed by atoms with Crippen LogP contribution in [-0.2, 0) is 16.3 Å². The van der Waals surface area contributed by atoms with E-state index in [0.717, 1.165) is 6.07 Å². The summed E-state index contributed by atoms with van der Waals surface area (Å²) in [5.74, 6) is 0.678. The number of ether oxygens (including phenoxy) is 2. The summed E-state index contributed by atoms with van der Waals surface area (Å²) in [4.78, 5) is 4.43. The van der Waals surface area contributed by atoms with Crippen LogP contribution in [0.3, 0.4) is 0 Å². The molecule has 31 heavy (non-hydrogen) atoms. The third-order valence-corrected chi connectivity index (χ3v) is 5.52. The first-order valence-corrected chi connectivity index (χ1v) is 9.77. The Hall–Kier alpha value is -1.72. The van der Waals surface area contributed by atoms with Gasteiger partial charge in [-0.05, 0) is 42.7 Å². The SMILES string of the molecule is COc1ccc(NC(N)=NCC2(c3cccc(C(F)(F)F)c3)CCOCC2)cc1Cl.I. The molecule has 1 heterocycles. The molecule has 2 aromatic rings. The van der Waals surface area contributed by atoms with Crippen LogP contribution in [0.4, 0.5) is 18.9 Å². The van der Waals surface area contributed by atoms with Crippen molar-refractivity contribution in [3.8, 4) is 5.75 Å². The third-order valence-electron chi connectivity index (χ3n) is 5.23. The van der Waals surface area contributed by atoms with Crippen molar-refractivity contribution in [1.82, 2.24) is 0 Å². The lowest BCUT2D eigenvalue weighted by molar-refractivity contribution is -0.137. The van der Waals surface area contributed by atoms with Crippen LogP contribution in [0.1, 0.15) is 24.0 Å². The van der Waals surface area contributed by atoms with Crippen molar-refractivity contribution in [2.45, 2.75) is 24.4 Å². The fraction of sp³-hybridized carbons (Fsp3) is 0.381. The third kappa shape index (κ3) is 6.39. The molecule has 3 N–H and O–H groups in total. The van der Waals surface area contributed by atoms with E-state index < -0.39 is 17.2 Å². The number of hydrogen-bond donors (Lipinski definition) is 2. The van der Waals surface area contributed by atoms with Crippen molar-refractivity contribution in [1.29, 1.82) is 0 Å². The number of nitrogens with two attached hydrogens (primary N) is 1. The maximum absolute atomic E-state index is 13.2. The van der Waals surface area contributed by atoms with Gasteiger partial charge in [-0.3, -0.25) is 4.99 Å². The van der Waals surface area contributed by atoms with Gasteiger partial charge in [0.25, 0.3) is 0 Å². The molecule has 0 aliphatic carbocycles. The van der Waals surface area contributed by atoms with Gasteiger partial charge in [-0.2, -0.15) is 13.2 Å².